The van der Waals surface area contributed by atoms with E-state index in [1.54, 1.807) is 0 Å². The fourth-order valence-electron chi connectivity index (χ4n) is 1.64. The van der Waals surface area contributed by atoms with Gasteiger partial charge in [0.1, 0.15) is 0 Å². The molecule has 0 fully saturated rings. The Bertz CT molecular complexity index is 298. The van der Waals surface area contributed by atoms with E-state index in [0.29, 0.717) is 12.0 Å². The van der Waals surface area contributed by atoms with Gasteiger partial charge < -0.3 is 9.84 Å². The fraction of sp³-hybridized carbons (Fsp3) is 0.833. The molecular formula is C12H23N3O. The highest BCUT2D eigenvalue weighted by Crippen LogP contribution is 2.15. The lowest BCUT2D eigenvalue weighted by Gasteiger charge is -2.11. The van der Waals surface area contributed by atoms with E-state index in [0.717, 1.165) is 37.4 Å². The van der Waals surface area contributed by atoms with Crippen molar-refractivity contribution >= 4 is 0 Å². The second-order valence-electron chi connectivity index (χ2n) is 4.33. The maximum absolute atomic E-state index is 5.27. The van der Waals surface area contributed by atoms with Crippen LogP contribution in [0.25, 0.3) is 0 Å². The van der Waals surface area contributed by atoms with Gasteiger partial charge in [0.05, 0.1) is 0 Å². The molecule has 0 aromatic carbocycles. The molecule has 2 atom stereocenters. The van der Waals surface area contributed by atoms with Crippen LogP contribution in [0.4, 0.5) is 0 Å². The highest BCUT2D eigenvalue weighted by molar-refractivity contribution is 4.94. The Kier molecular flexibility index (Phi) is 5.46. The first kappa shape index (κ1) is 13.2. The average molecular weight is 225 g/mol. The number of likely N-dealkylation sites (N-methyl/N-ethyl adjacent to an activating group) is 1. The van der Waals surface area contributed by atoms with Crippen molar-refractivity contribution in [2.24, 2.45) is 0 Å². The molecule has 4 nitrogen and oxygen atoms in total. The third-order valence-corrected chi connectivity index (χ3v) is 3.00. The van der Waals surface area contributed by atoms with Gasteiger partial charge in [-0.3, -0.25) is 0 Å². The Morgan fingerprint density at radius 2 is 2.12 bits per heavy atom. The van der Waals surface area contributed by atoms with E-state index >= 15 is 0 Å². The number of nitrogens with zero attached hydrogens (tertiary/aromatic N) is 2. The van der Waals surface area contributed by atoms with E-state index in [1.165, 1.54) is 0 Å². The minimum Gasteiger partial charge on any atom is -0.339 e. The van der Waals surface area contributed by atoms with Crippen LogP contribution in [0.15, 0.2) is 4.52 Å². The van der Waals surface area contributed by atoms with Gasteiger partial charge >= 0.3 is 0 Å². The van der Waals surface area contributed by atoms with Gasteiger partial charge in [0.15, 0.2) is 5.82 Å². The predicted molar refractivity (Wildman–Crippen MR) is 64.5 cm³/mol. The van der Waals surface area contributed by atoms with E-state index in [-0.39, 0.29) is 0 Å². The number of hydrogen-bond donors (Lipinski definition) is 1. The van der Waals surface area contributed by atoms with Gasteiger partial charge in [-0.05, 0) is 19.9 Å². The summed E-state index contributed by atoms with van der Waals surface area (Å²) in [6.07, 6.45) is 4.17. The minimum absolute atomic E-state index is 0.386. The minimum atomic E-state index is 0.386. The lowest BCUT2D eigenvalue weighted by Crippen LogP contribution is -2.27. The Balaban J connectivity index is 2.56. The second kappa shape index (κ2) is 6.63. The average Bonchev–Trinajstić information content (AvgIpc) is 2.76. The summed E-state index contributed by atoms with van der Waals surface area (Å²) in [5, 5.41) is 7.30. The van der Waals surface area contributed by atoms with Gasteiger partial charge in [0, 0.05) is 18.4 Å². The number of rotatable bonds is 7. The van der Waals surface area contributed by atoms with Crippen LogP contribution < -0.4 is 5.32 Å². The first-order chi connectivity index (χ1) is 7.71. The zero-order valence-electron chi connectivity index (χ0n) is 10.8. The van der Waals surface area contributed by atoms with Crippen LogP contribution in [0.1, 0.15) is 57.7 Å². The van der Waals surface area contributed by atoms with Crippen molar-refractivity contribution < 1.29 is 4.52 Å². The van der Waals surface area contributed by atoms with Crippen LogP contribution >= 0.6 is 0 Å². The molecule has 0 amide bonds. The maximum atomic E-state index is 5.27. The summed E-state index contributed by atoms with van der Waals surface area (Å²) in [5.74, 6) is 1.98. The van der Waals surface area contributed by atoms with Gasteiger partial charge in [0.25, 0.3) is 0 Å². The third-order valence-electron chi connectivity index (χ3n) is 3.00. The van der Waals surface area contributed by atoms with Gasteiger partial charge in [-0.25, -0.2) is 0 Å². The molecule has 0 spiro atoms. The maximum Gasteiger partial charge on any atom is 0.228 e. The molecule has 1 aromatic heterocycles. The van der Waals surface area contributed by atoms with Crippen molar-refractivity contribution in [3.63, 3.8) is 0 Å². The molecule has 1 rings (SSSR count). The first-order valence-corrected chi connectivity index (χ1v) is 6.20. The summed E-state index contributed by atoms with van der Waals surface area (Å²) in [6.45, 7) is 6.44. The Labute approximate surface area is 97.8 Å². The summed E-state index contributed by atoms with van der Waals surface area (Å²) in [6, 6.07) is 0.440. The van der Waals surface area contributed by atoms with Crippen LogP contribution in [0.5, 0.6) is 0 Å². The lowest BCUT2D eigenvalue weighted by molar-refractivity contribution is 0.350. The van der Waals surface area contributed by atoms with E-state index in [1.807, 2.05) is 7.05 Å². The van der Waals surface area contributed by atoms with Crippen molar-refractivity contribution in [1.82, 2.24) is 15.5 Å². The molecule has 16 heavy (non-hydrogen) atoms. The quantitative estimate of drug-likeness (QED) is 0.774. The van der Waals surface area contributed by atoms with Crippen LogP contribution in [0.2, 0.25) is 0 Å². The molecule has 0 aliphatic carbocycles. The van der Waals surface area contributed by atoms with E-state index in [4.69, 9.17) is 4.52 Å². The zero-order chi connectivity index (χ0) is 12.0. The van der Waals surface area contributed by atoms with Crippen molar-refractivity contribution in [2.45, 2.75) is 58.4 Å². The van der Waals surface area contributed by atoms with Crippen LogP contribution in [-0.4, -0.2) is 23.2 Å². The summed E-state index contributed by atoms with van der Waals surface area (Å²) in [7, 11) is 1.98. The molecule has 4 heteroatoms. The molecule has 1 heterocycles. The molecule has 0 radical (unpaired) electrons. The SMILES string of the molecule is CCCC(Cc1nc(C(C)CC)no1)NC. The van der Waals surface area contributed by atoms with Gasteiger partial charge in [-0.1, -0.05) is 32.3 Å². The highest BCUT2D eigenvalue weighted by Gasteiger charge is 2.15. The number of nitrogens with one attached hydrogen (secondary N) is 1. The molecule has 0 aliphatic rings. The van der Waals surface area contributed by atoms with E-state index in [2.05, 4.69) is 36.2 Å². The molecule has 0 aliphatic heterocycles. The van der Waals surface area contributed by atoms with E-state index < -0.39 is 0 Å². The third kappa shape index (κ3) is 3.59. The monoisotopic (exact) mass is 225 g/mol. The van der Waals surface area contributed by atoms with E-state index in [9.17, 15) is 0 Å². The molecule has 0 saturated carbocycles. The van der Waals surface area contributed by atoms with Crippen LogP contribution in [0.3, 0.4) is 0 Å². The zero-order valence-corrected chi connectivity index (χ0v) is 10.8. The number of aromatic nitrogens is 2. The standard InChI is InChI=1S/C12H23N3O/c1-5-7-10(13-4)8-11-14-12(15-16-11)9(3)6-2/h9-10,13H,5-8H2,1-4H3. The topological polar surface area (TPSA) is 51.0 Å². The van der Waals surface area contributed by atoms with Gasteiger partial charge in [-0.2, -0.15) is 4.98 Å². The highest BCUT2D eigenvalue weighted by atomic mass is 16.5. The van der Waals surface area contributed by atoms with Gasteiger partial charge in [-0.15, -0.1) is 0 Å². The Morgan fingerprint density at radius 1 is 1.38 bits per heavy atom. The smallest absolute Gasteiger partial charge is 0.228 e. The Morgan fingerprint density at radius 3 is 2.69 bits per heavy atom. The molecule has 2 unspecified atom stereocenters. The summed E-state index contributed by atoms with van der Waals surface area (Å²) < 4.78 is 5.27. The molecular weight excluding hydrogens is 202 g/mol. The van der Waals surface area contributed by atoms with Crippen LogP contribution in [-0.2, 0) is 6.42 Å². The first-order valence-electron chi connectivity index (χ1n) is 6.20. The molecule has 92 valence electrons. The van der Waals surface area contributed by atoms with Crippen molar-refractivity contribution in [2.75, 3.05) is 7.05 Å². The van der Waals surface area contributed by atoms with Crippen molar-refractivity contribution in [3.05, 3.63) is 11.7 Å². The molecule has 1 aromatic rings. The summed E-state index contributed by atoms with van der Waals surface area (Å²) in [5.41, 5.74) is 0. The normalized spacial score (nSPS) is 15.0. The second-order valence-corrected chi connectivity index (χ2v) is 4.33. The summed E-state index contributed by atoms with van der Waals surface area (Å²) >= 11 is 0. The summed E-state index contributed by atoms with van der Waals surface area (Å²) in [4.78, 5) is 4.43. The van der Waals surface area contributed by atoms with Crippen LogP contribution in [0, 0.1) is 0 Å². The predicted octanol–water partition coefficient (Wildman–Crippen LogP) is 2.51. The van der Waals surface area contributed by atoms with Crippen molar-refractivity contribution in [1.29, 1.82) is 0 Å². The van der Waals surface area contributed by atoms with Crippen molar-refractivity contribution in [3.8, 4) is 0 Å². The number of hydrogen-bond acceptors (Lipinski definition) is 4. The Hall–Kier alpha value is -0.900. The molecule has 1 N–H and O–H groups in total. The fourth-order valence-corrected chi connectivity index (χ4v) is 1.64. The van der Waals surface area contributed by atoms with Gasteiger partial charge in [0.2, 0.25) is 5.89 Å². The molecule has 0 saturated heterocycles. The largest absolute Gasteiger partial charge is 0.339 e. The lowest BCUT2D eigenvalue weighted by atomic mass is 10.1. The molecule has 0 bridgehead atoms.